The van der Waals surface area contributed by atoms with E-state index in [0.717, 1.165) is 24.9 Å². The maximum absolute atomic E-state index is 13.6. The molecule has 0 spiro atoms. The summed E-state index contributed by atoms with van der Waals surface area (Å²) in [4.78, 5) is 13.7. The zero-order chi connectivity index (χ0) is 29.3. The van der Waals surface area contributed by atoms with E-state index in [1.807, 2.05) is 40.1 Å². The molecule has 0 fully saturated rings. The van der Waals surface area contributed by atoms with Crippen LogP contribution in [0.4, 0.5) is 4.79 Å². The Hall–Kier alpha value is -3.06. The Morgan fingerprint density at radius 2 is 1.75 bits per heavy atom. The monoisotopic (exact) mass is 579 g/mol. The molecule has 1 aliphatic rings. The summed E-state index contributed by atoms with van der Waals surface area (Å²) in [5.74, 6) is 1.45. The number of nitrogens with zero attached hydrogens (tertiary/aromatic N) is 2. The van der Waals surface area contributed by atoms with E-state index in [0.29, 0.717) is 23.9 Å². The number of ether oxygens (including phenoxy) is 3. The van der Waals surface area contributed by atoms with E-state index in [-0.39, 0.29) is 37.1 Å². The molecule has 1 amide bonds. The van der Waals surface area contributed by atoms with Crippen LogP contribution >= 0.6 is 0 Å². The third-order valence-corrected chi connectivity index (χ3v) is 8.19. The summed E-state index contributed by atoms with van der Waals surface area (Å²) in [5, 5.41) is 22.9. The molecule has 0 aliphatic carbocycles. The minimum Gasteiger partial charge on any atom is -0.494 e. The van der Waals surface area contributed by atoms with Crippen LogP contribution in [0, 0.1) is 5.92 Å². The second-order valence-electron chi connectivity index (χ2n) is 10.6. The van der Waals surface area contributed by atoms with E-state index in [4.69, 9.17) is 14.2 Å². The number of unbranched alkanes of at least 4 members (excludes halogenated alkanes) is 1. The van der Waals surface area contributed by atoms with Gasteiger partial charge in [-0.2, -0.15) is 4.31 Å². The molecule has 1 aliphatic heterocycles. The molecule has 40 heavy (non-hydrogen) atoms. The van der Waals surface area contributed by atoms with Crippen LogP contribution in [-0.2, 0) is 16.4 Å². The number of amides is 1. The topological polar surface area (TPSA) is 138 Å². The van der Waals surface area contributed by atoms with E-state index in [1.165, 1.54) is 22.5 Å². The van der Waals surface area contributed by atoms with E-state index >= 15 is 0 Å². The quantitative estimate of drug-likeness (QED) is 0.256. The molecule has 2 aromatic carbocycles. The molecule has 222 valence electrons. The molecular formula is C28H41N3O8S. The fraction of sp³-hybridized carbons (Fsp3) is 0.536. The van der Waals surface area contributed by atoms with Gasteiger partial charge in [-0.1, -0.05) is 26.0 Å². The minimum absolute atomic E-state index is 0.00430. The average molecular weight is 580 g/mol. The number of hydrogen-bond acceptors (Lipinski definition) is 8. The molecule has 2 aromatic rings. The Morgan fingerprint density at radius 1 is 1.05 bits per heavy atom. The molecule has 2 atom stereocenters. The minimum atomic E-state index is -4.03. The number of benzene rings is 2. The zero-order valence-electron chi connectivity index (χ0n) is 23.6. The highest BCUT2D eigenvalue weighted by atomic mass is 32.2. The van der Waals surface area contributed by atoms with Gasteiger partial charge < -0.3 is 34.6 Å². The van der Waals surface area contributed by atoms with Crippen molar-refractivity contribution in [3.05, 3.63) is 48.0 Å². The van der Waals surface area contributed by atoms with Gasteiger partial charge in [0, 0.05) is 19.2 Å². The molecule has 0 unspecified atom stereocenters. The number of hydrogen-bond donors (Lipinski definition) is 3. The zero-order valence-corrected chi connectivity index (χ0v) is 24.4. The molecule has 3 rings (SSSR count). The van der Waals surface area contributed by atoms with Gasteiger partial charge in [0.15, 0.2) is 11.5 Å². The first kappa shape index (κ1) is 31.5. The Kier molecular flexibility index (Phi) is 11.4. The van der Waals surface area contributed by atoms with Crippen molar-refractivity contribution in [2.75, 3.05) is 47.1 Å². The number of fused-ring (bicyclic) bond motifs is 1. The highest BCUT2D eigenvalue weighted by Gasteiger charge is 2.32. The number of aliphatic hydroxyl groups excluding tert-OH is 1. The van der Waals surface area contributed by atoms with Crippen LogP contribution in [0.2, 0.25) is 0 Å². The van der Waals surface area contributed by atoms with Gasteiger partial charge in [0.2, 0.25) is 16.8 Å². The molecule has 11 nitrogen and oxygen atoms in total. The van der Waals surface area contributed by atoms with Crippen LogP contribution < -0.4 is 19.5 Å². The van der Waals surface area contributed by atoms with Gasteiger partial charge >= 0.3 is 6.09 Å². The second kappa shape index (κ2) is 14.5. The molecular weight excluding hydrogens is 538 g/mol. The van der Waals surface area contributed by atoms with Gasteiger partial charge in [-0.05, 0) is 75.6 Å². The Morgan fingerprint density at radius 3 is 2.40 bits per heavy atom. The lowest BCUT2D eigenvalue weighted by atomic mass is 10.0. The molecule has 3 N–H and O–H groups in total. The lowest BCUT2D eigenvalue weighted by Gasteiger charge is -2.30. The van der Waals surface area contributed by atoms with Crippen LogP contribution in [-0.4, -0.2) is 93.2 Å². The third kappa shape index (κ3) is 9.26. The smallest absolute Gasteiger partial charge is 0.404 e. The van der Waals surface area contributed by atoms with E-state index in [2.05, 4.69) is 10.2 Å². The third-order valence-electron chi connectivity index (χ3n) is 6.36. The maximum Gasteiger partial charge on any atom is 0.404 e. The molecule has 0 saturated carbocycles. The van der Waals surface area contributed by atoms with Crippen LogP contribution in [0.5, 0.6) is 17.2 Å². The van der Waals surface area contributed by atoms with Crippen molar-refractivity contribution in [3.8, 4) is 17.2 Å². The van der Waals surface area contributed by atoms with Gasteiger partial charge in [0.25, 0.3) is 0 Å². The second-order valence-corrected chi connectivity index (χ2v) is 12.5. The van der Waals surface area contributed by atoms with E-state index in [1.54, 1.807) is 12.1 Å². The summed E-state index contributed by atoms with van der Waals surface area (Å²) in [6.45, 7) is 5.18. The highest BCUT2D eigenvalue weighted by molar-refractivity contribution is 7.89. The van der Waals surface area contributed by atoms with Crippen molar-refractivity contribution in [1.29, 1.82) is 0 Å². The summed E-state index contributed by atoms with van der Waals surface area (Å²) in [5.41, 5.74) is 0.770. The van der Waals surface area contributed by atoms with Gasteiger partial charge in [-0.3, -0.25) is 0 Å². The lowest BCUT2D eigenvalue weighted by molar-refractivity contribution is 0.0980. The Labute approximate surface area is 236 Å². The summed E-state index contributed by atoms with van der Waals surface area (Å²) >= 11 is 0. The van der Waals surface area contributed by atoms with Gasteiger partial charge in [0.1, 0.15) is 5.75 Å². The first-order valence-corrected chi connectivity index (χ1v) is 14.8. The lowest BCUT2D eigenvalue weighted by Crippen LogP contribution is -2.50. The molecule has 1 heterocycles. The van der Waals surface area contributed by atoms with E-state index < -0.39 is 28.3 Å². The van der Waals surface area contributed by atoms with Gasteiger partial charge in [-0.15, -0.1) is 0 Å². The number of carboxylic acid groups (broad SMARTS) is 1. The number of carbonyl (C=O) groups is 1. The fourth-order valence-corrected chi connectivity index (χ4v) is 5.98. The number of aliphatic hydroxyl groups is 1. The van der Waals surface area contributed by atoms with Crippen molar-refractivity contribution in [2.45, 2.75) is 50.2 Å². The Bertz CT molecular complexity index is 1200. The van der Waals surface area contributed by atoms with Crippen LogP contribution in [0.25, 0.3) is 0 Å². The normalized spacial score (nSPS) is 14.5. The largest absolute Gasteiger partial charge is 0.494 e. The standard InChI is InChI=1S/C28H41N3O8S/c1-20(2)17-31(40(35,36)23-11-12-26-27(16-23)39-19-38-26)18-25(32)24(29-28(33)34)15-21-7-9-22(10-8-21)37-14-6-5-13-30(3)4/h7-12,16,20,24-25,29,32H,5-6,13-15,17-19H2,1-4H3,(H,33,34)/t24-,25-/m0/s1. The summed E-state index contributed by atoms with van der Waals surface area (Å²) < 4.78 is 44.7. The molecule has 0 bridgehead atoms. The molecule has 0 radical (unpaired) electrons. The molecule has 12 heteroatoms. The van der Waals surface area contributed by atoms with Crippen LogP contribution in [0.3, 0.4) is 0 Å². The van der Waals surface area contributed by atoms with Crippen molar-refractivity contribution < 1.29 is 37.6 Å². The summed E-state index contributed by atoms with van der Waals surface area (Å²) in [7, 11) is 0.0339. The average Bonchev–Trinajstić information content (AvgIpc) is 3.36. The van der Waals surface area contributed by atoms with Gasteiger partial charge in [-0.25, -0.2) is 13.2 Å². The van der Waals surface area contributed by atoms with Gasteiger partial charge in [0.05, 0.1) is 23.6 Å². The number of sulfonamides is 1. The summed E-state index contributed by atoms with van der Waals surface area (Å²) in [6, 6.07) is 10.7. The van der Waals surface area contributed by atoms with Crippen molar-refractivity contribution in [1.82, 2.24) is 14.5 Å². The maximum atomic E-state index is 13.6. The Balaban J connectivity index is 1.69. The first-order valence-electron chi connectivity index (χ1n) is 13.4. The van der Waals surface area contributed by atoms with Crippen LogP contribution in [0.1, 0.15) is 32.3 Å². The number of nitrogens with one attached hydrogen (secondary N) is 1. The van der Waals surface area contributed by atoms with E-state index in [9.17, 15) is 23.4 Å². The number of rotatable bonds is 16. The fourth-order valence-electron chi connectivity index (χ4n) is 4.34. The predicted octanol–water partition coefficient (Wildman–Crippen LogP) is 3.02. The summed E-state index contributed by atoms with van der Waals surface area (Å²) in [6.07, 6.45) is -0.499. The van der Waals surface area contributed by atoms with Crippen molar-refractivity contribution in [3.63, 3.8) is 0 Å². The SMILES string of the molecule is CC(C)CN(C[C@H](O)[C@H](Cc1ccc(OCCCCN(C)C)cc1)NC(=O)O)S(=O)(=O)c1ccc2c(c1)OCO2. The molecule has 0 saturated heterocycles. The highest BCUT2D eigenvalue weighted by Crippen LogP contribution is 2.35. The predicted molar refractivity (Wildman–Crippen MR) is 151 cm³/mol. The van der Waals surface area contributed by atoms with Crippen LogP contribution in [0.15, 0.2) is 47.4 Å². The van der Waals surface area contributed by atoms with Crippen molar-refractivity contribution in [2.24, 2.45) is 5.92 Å². The molecule has 0 aromatic heterocycles. The van der Waals surface area contributed by atoms with Crippen molar-refractivity contribution >= 4 is 16.1 Å². The first-order chi connectivity index (χ1) is 19.0.